The molecule has 23 heavy (non-hydrogen) atoms. The zero-order chi connectivity index (χ0) is 16.2. The number of non-ortho nitro benzene ring substituents is 1. The smallest absolute Gasteiger partial charge is 0.269 e. The molecule has 0 radical (unpaired) electrons. The molecular weight excluding hydrogens is 316 g/mol. The van der Waals surface area contributed by atoms with E-state index in [0.29, 0.717) is 16.5 Å². The molecule has 1 aromatic rings. The fourth-order valence-electron chi connectivity index (χ4n) is 2.58. The van der Waals surface area contributed by atoms with Gasteiger partial charge in [-0.05, 0) is 31.2 Å². The number of amidine groups is 1. The molecule has 0 aromatic heterocycles. The summed E-state index contributed by atoms with van der Waals surface area (Å²) in [4.78, 5) is 24.0. The van der Waals surface area contributed by atoms with Crippen LogP contribution in [-0.4, -0.2) is 32.4 Å². The van der Waals surface area contributed by atoms with Crippen molar-refractivity contribution in [3.05, 3.63) is 39.9 Å². The largest absolute Gasteiger partial charge is 0.285 e. The summed E-state index contributed by atoms with van der Waals surface area (Å²) >= 11 is 1.36. The molecule has 1 saturated carbocycles. The molecule has 0 bridgehead atoms. The second kappa shape index (κ2) is 6.91. The van der Waals surface area contributed by atoms with Gasteiger partial charge in [-0.15, -0.1) is 5.10 Å². The number of rotatable bonds is 4. The number of amides is 1. The Labute approximate surface area is 137 Å². The summed E-state index contributed by atoms with van der Waals surface area (Å²) in [5.41, 5.74) is 1.80. The van der Waals surface area contributed by atoms with Crippen molar-refractivity contribution in [1.82, 2.24) is 4.90 Å². The Kier molecular flexibility index (Phi) is 4.71. The fourth-order valence-corrected chi connectivity index (χ4v) is 3.40. The van der Waals surface area contributed by atoms with Crippen LogP contribution in [0.4, 0.5) is 5.69 Å². The molecular formula is C15H16N4O3S. The molecule has 0 N–H and O–H groups in total. The highest BCUT2D eigenvalue weighted by Gasteiger charge is 2.28. The van der Waals surface area contributed by atoms with Crippen molar-refractivity contribution >= 4 is 34.2 Å². The maximum absolute atomic E-state index is 12.0. The number of nitrogens with zero attached hydrogens (tertiary/aromatic N) is 4. The van der Waals surface area contributed by atoms with Crippen LogP contribution >= 0.6 is 11.8 Å². The molecule has 1 saturated heterocycles. The van der Waals surface area contributed by atoms with E-state index in [1.807, 2.05) is 0 Å². The Bertz CT molecular complexity index is 694. The first-order chi connectivity index (χ1) is 11.1. The van der Waals surface area contributed by atoms with Gasteiger partial charge in [0.05, 0.1) is 17.2 Å². The fraction of sp³-hybridized carbons (Fsp3) is 0.400. The van der Waals surface area contributed by atoms with Crippen molar-refractivity contribution < 1.29 is 9.72 Å². The van der Waals surface area contributed by atoms with E-state index >= 15 is 0 Å². The lowest BCUT2D eigenvalue weighted by atomic mass is 10.2. The number of hydrogen-bond donors (Lipinski definition) is 0. The Balaban J connectivity index is 1.77. The average molecular weight is 332 g/mol. The van der Waals surface area contributed by atoms with Crippen LogP contribution in [0.25, 0.3) is 0 Å². The van der Waals surface area contributed by atoms with Crippen molar-refractivity contribution in [2.24, 2.45) is 10.2 Å². The number of carbonyl (C=O) groups is 1. The molecule has 0 atom stereocenters. The van der Waals surface area contributed by atoms with Crippen molar-refractivity contribution in [2.45, 2.75) is 32.2 Å². The van der Waals surface area contributed by atoms with Gasteiger partial charge in [0.15, 0.2) is 5.17 Å². The summed E-state index contributed by atoms with van der Waals surface area (Å²) in [5.74, 6) is 0.283. The standard InChI is InChI=1S/C15H16N4O3S/c20-14-10-23-15(17-16-12-5-1-2-6-12)18(14)9-11-4-3-7-13(8-11)19(21)22/h3-4,7-8H,1-2,5-6,9-10H2/b17-15-. The van der Waals surface area contributed by atoms with Crippen molar-refractivity contribution in [2.75, 3.05) is 5.75 Å². The third-order valence-electron chi connectivity index (χ3n) is 3.78. The van der Waals surface area contributed by atoms with E-state index in [0.717, 1.165) is 31.4 Å². The molecule has 1 aliphatic carbocycles. The Morgan fingerprint density at radius 1 is 1.26 bits per heavy atom. The number of nitro groups is 1. The molecule has 0 spiro atoms. The van der Waals surface area contributed by atoms with Crippen molar-refractivity contribution in [1.29, 1.82) is 0 Å². The summed E-state index contributed by atoms with van der Waals surface area (Å²) in [6.07, 6.45) is 4.24. The number of thioether (sulfide) groups is 1. The molecule has 1 amide bonds. The monoisotopic (exact) mass is 332 g/mol. The Hall–Kier alpha value is -2.22. The lowest BCUT2D eigenvalue weighted by molar-refractivity contribution is -0.384. The van der Waals surface area contributed by atoms with E-state index < -0.39 is 4.92 Å². The maximum atomic E-state index is 12.0. The summed E-state index contributed by atoms with van der Waals surface area (Å²) < 4.78 is 0. The van der Waals surface area contributed by atoms with Crippen LogP contribution in [-0.2, 0) is 11.3 Å². The van der Waals surface area contributed by atoms with Crippen LogP contribution in [0.1, 0.15) is 31.2 Å². The molecule has 2 aliphatic rings. The minimum atomic E-state index is -0.439. The van der Waals surface area contributed by atoms with E-state index in [1.165, 1.54) is 23.9 Å². The molecule has 0 unspecified atom stereocenters. The molecule has 8 heteroatoms. The van der Waals surface area contributed by atoms with Gasteiger partial charge in [0.25, 0.3) is 5.69 Å². The predicted octanol–water partition coefficient (Wildman–Crippen LogP) is 2.96. The van der Waals surface area contributed by atoms with E-state index in [9.17, 15) is 14.9 Å². The first-order valence-electron chi connectivity index (χ1n) is 7.43. The highest BCUT2D eigenvalue weighted by atomic mass is 32.2. The quantitative estimate of drug-likeness (QED) is 0.626. The van der Waals surface area contributed by atoms with Crippen LogP contribution in [0, 0.1) is 10.1 Å². The summed E-state index contributed by atoms with van der Waals surface area (Å²) in [6, 6.07) is 6.31. The van der Waals surface area contributed by atoms with Crippen LogP contribution in [0.2, 0.25) is 0 Å². The van der Waals surface area contributed by atoms with Crippen molar-refractivity contribution in [3.8, 4) is 0 Å². The van der Waals surface area contributed by atoms with Gasteiger partial charge >= 0.3 is 0 Å². The zero-order valence-corrected chi connectivity index (χ0v) is 13.3. The zero-order valence-electron chi connectivity index (χ0n) is 12.5. The van der Waals surface area contributed by atoms with Gasteiger partial charge in [0.1, 0.15) is 0 Å². The minimum Gasteiger partial charge on any atom is -0.285 e. The molecule has 1 heterocycles. The molecule has 3 rings (SSSR count). The number of hydrogen-bond acceptors (Lipinski definition) is 6. The van der Waals surface area contributed by atoms with Gasteiger partial charge < -0.3 is 0 Å². The van der Waals surface area contributed by atoms with E-state index in [-0.39, 0.29) is 18.1 Å². The molecule has 120 valence electrons. The maximum Gasteiger partial charge on any atom is 0.269 e. The summed E-state index contributed by atoms with van der Waals surface area (Å²) in [6.45, 7) is 0.275. The van der Waals surface area contributed by atoms with Crippen LogP contribution in [0.3, 0.4) is 0 Å². The van der Waals surface area contributed by atoms with Gasteiger partial charge in [0, 0.05) is 17.8 Å². The summed E-state index contributed by atoms with van der Waals surface area (Å²) in [7, 11) is 0. The van der Waals surface area contributed by atoms with E-state index in [4.69, 9.17) is 0 Å². The van der Waals surface area contributed by atoms with Gasteiger partial charge in [-0.1, -0.05) is 23.9 Å². The number of benzene rings is 1. The SMILES string of the molecule is O=C1CS/C(=N\N=C2CCCC2)N1Cc1cccc([N+](=O)[O-])c1. The van der Waals surface area contributed by atoms with Gasteiger partial charge in [-0.2, -0.15) is 5.10 Å². The normalized spacial score (nSPS) is 19.7. The number of carbonyl (C=O) groups excluding carboxylic acids is 1. The van der Waals surface area contributed by atoms with Gasteiger partial charge in [-0.25, -0.2) is 0 Å². The van der Waals surface area contributed by atoms with Crippen LogP contribution in [0.15, 0.2) is 34.5 Å². The molecule has 1 aliphatic heterocycles. The predicted molar refractivity (Wildman–Crippen MR) is 89.4 cm³/mol. The molecule has 7 nitrogen and oxygen atoms in total. The first-order valence-corrected chi connectivity index (χ1v) is 8.42. The van der Waals surface area contributed by atoms with E-state index in [2.05, 4.69) is 10.2 Å². The first kappa shape index (κ1) is 15.7. The third-order valence-corrected chi connectivity index (χ3v) is 4.73. The average Bonchev–Trinajstić information content (AvgIpc) is 3.17. The molecule has 1 aromatic carbocycles. The Morgan fingerprint density at radius 3 is 2.78 bits per heavy atom. The minimum absolute atomic E-state index is 0.0199. The van der Waals surface area contributed by atoms with Gasteiger partial charge in [-0.3, -0.25) is 19.8 Å². The van der Waals surface area contributed by atoms with Crippen LogP contribution < -0.4 is 0 Å². The van der Waals surface area contributed by atoms with Crippen molar-refractivity contribution in [3.63, 3.8) is 0 Å². The highest BCUT2D eigenvalue weighted by Crippen LogP contribution is 2.24. The van der Waals surface area contributed by atoms with Crippen LogP contribution in [0.5, 0.6) is 0 Å². The second-order valence-corrected chi connectivity index (χ2v) is 6.39. The van der Waals surface area contributed by atoms with Gasteiger partial charge in [0.2, 0.25) is 5.91 Å². The summed E-state index contributed by atoms with van der Waals surface area (Å²) in [5, 5.41) is 19.9. The second-order valence-electron chi connectivity index (χ2n) is 5.45. The lowest BCUT2D eigenvalue weighted by Gasteiger charge is -2.15. The lowest BCUT2D eigenvalue weighted by Crippen LogP contribution is -2.28. The highest BCUT2D eigenvalue weighted by molar-refractivity contribution is 8.15. The van der Waals surface area contributed by atoms with E-state index in [1.54, 1.807) is 17.0 Å². The number of nitro benzene ring substituents is 1. The molecule has 2 fully saturated rings. The Morgan fingerprint density at radius 2 is 2.04 bits per heavy atom. The topological polar surface area (TPSA) is 88.2 Å². The third kappa shape index (κ3) is 3.76.